The molecule has 0 spiro atoms. The molecule has 1 fully saturated rings. The summed E-state index contributed by atoms with van der Waals surface area (Å²) < 4.78 is 11.0. The standard InChI is InChI=1S/C21H24N2O5/c1-16-7-8-18(23(25)26)13-19(16)28-14-20(24)22-15-21(9-11-27-12-10-21)17-5-3-2-4-6-17/h2-8,13H,9-12,14-15H2,1H3,(H,22,24). The average molecular weight is 384 g/mol. The van der Waals surface area contributed by atoms with E-state index < -0.39 is 4.92 Å². The third kappa shape index (κ3) is 4.67. The molecule has 1 heterocycles. The fourth-order valence-electron chi connectivity index (χ4n) is 3.44. The number of non-ortho nitro benzene ring substituents is 1. The van der Waals surface area contributed by atoms with Gasteiger partial charge in [0.25, 0.3) is 11.6 Å². The van der Waals surface area contributed by atoms with E-state index >= 15 is 0 Å². The molecule has 2 aromatic carbocycles. The van der Waals surface area contributed by atoms with E-state index in [0.29, 0.717) is 25.5 Å². The first-order valence-corrected chi connectivity index (χ1v) is 9.28. The topological polar surface area (TPSA) is 90.7 Å². The summed E-state index contributed by atoms with van der Waals surface area (Å²) in [6.07, 6.45) is 1.67. The molecule has 1 saturated heterocycles. The van der Waals surface area contributed by atoms with Crippen molar-refractivity contribution in [3.8, 4) is 5.75 Å². The number of hydrogen-bond donors (Lipinski definition) is 1. The van der Waals surface area contributed by atoms with Crippen molar-refractivity contribution in [1.29, 1.82) is 0 Å². The Morgan fingerprint density at radius 3 is 2.61 bits per heavy atom. The highest BCUT2D eigenvalue weighted by Gasteiger charge is 2.34. The molecule has 3 rings (SSSR count). The van der Waals surface area contributed by atoms with Gasteiger partial charge in [-0.1, -0.05) is 30.3 Å². The number of nitro benzene ring substituents is 1. The summed E-state index contributed by atoms with van der Waals surface area (Å²) in [6, 6.07) is 14.5. The average Bonchev–Trinajstić information content (AvgIpc) is 2.73. The summed E-state index contributed by atoms with van der Waals surface area (Å²) in [6.45, 7) is 3.41. The highest BCUT2D eigenvalue weighted by Crippen LogP contribution is 2.34. The zero-order chi connectivity index (χ0) is 20.0. The second-order valence-corrected chi connectivity index (χ2v) is 7.03. The first-order valence-electron chi connectivity index (χ1n) is 9.28. The van der Waals surface area contributed by atoms with Crippen LogP contribution in [-0.2, 0) is 14.9 Å². The van der Waals surface area contributed by atoms with Crippen molar-refractivity contribution in [3.05, 3.63) is 69.8 Å². The lowest BCUT2D eigenvalue weighted by Gasteiger charge is -2.38. The highest BCUT2D eigenvalue weighted by atomic mass is 16.6. The first-order chi connectivity index (χ1) is 13.5. The van der Waals surface area contributed by atoms with Crippen molar-refractivity contribution in [1.82, 2.24) is 5.32 Å². The lowest BCUT2D eigenvalue weighted by atomic mass is 9.74. The number of hydrogen-bond acceptors (Lipinski definition) is 5. The maximum absolute atomic E-state index is 12.4. The lowest BCUT2D eigenvalue weighted by Crippen LogP contribution is -2.45. The van der Waals surface area contributed by atoms with Crippen LogP contribution in [0, 0.1) is 17.0 Å². The van der Waals surface area contributed by atoms with Crippen molar-refractivity contribution >= 4 is 11.6 Å². The third-order valence-corrected chi connectivity index (χ3v) is 5.20. The summed E-state index contributed by atoms with van der Waals surface area (Å²) in [4.78, 5) is 22.8. The quantitative estimate of drug-likeness (QED) is 0.585. The van der Waals surface area contributed by atoms with Gasteiger partial charge in [-0.05, 0) is 37.0 Å². The van der Waals surface area contributed by atoms with E-state index in [1.165, 1.54) is 17.7 Å². The smallest absolute Gasteiger partial charge is 0.273 e. The number of nitrogens with zero attached hydrogens (tertiary/aromatic N) is 1. The summed E-state index contributed by atoms with van der Waals surface area (Å²) in [7, 11) is 0. The fourth-order valence-corrected chi connectivity index (χ4v) is 3.44. The Balaban J connectivity index is 1.61. The molecule has 148 valence electrons. The highest BCUT2D eigenvalue weighted by molar-refractivity contribution is 5.77. The molecule has 7 nitrogen and oxygen atoms in total. The molecular weight excluding hydrogens is 360 g/mol. The lowest BCUT2D eigenvalue weighted by molar-refractivity contribution is -0.384. The summed E-state index contributed by atoms with van der Waals surface area (Å²) >= 11 is 0. The van der Waals surface area contributed by atoms with Crippen LogP contribution < -0.4 is 10.1 Å². The Morgan fingerprint density at radius 1 is 1.21 bits per heavy atom. The van der Waals surface area contributed by atoms with E-state index in [-0.39, 0.29) is 23.6 Å². The Hall–Kier alpha value is -2.93. The largest absolute Gasteiger partial charge is 0.483 e. The molecule has 28 heavy (non-hydrogen) atoms. The van der Waals surface area contributed by atoms with Crippen molar-refractivity contribution in [2.24, 2.45) is 0 Å². The molecule has 1 amide bonds. The van der Waals surface area contributed by atoms with E-state index in [4.69, 9.17) is 9.47 Å². The molecule has 0 aliphatic carbocycles. The number of carbonyl (C=O) groups is 1. The molecule has 0 atom stereocenters. The van der Waals surface area contributed by atoms with Gasteiger partial charge in [0, 0.05) is 31.2 Å². The molecular formula is C21H24N2O5. The summed E-state index contributed by atoms with van der Waals surface area (Å²) in [5.74, 6) is 0.0842. The van der Waals surface area contributed by atoms with Crippen LogP contribution in [0.4, 0.5) is 5.69 Å². The Kier molecular flexibility index (Phi) is 6.26. The van der Waals surface area contributed by atoms with Crippen molar-refractivity contribution in [3.63, 3.8) is 0 Å². The van der Waals surface area contributed by atoms with E-state index in [2.05, 4.69) is 17.4 Å². The van der Waals surface area contributed by atoms with Crippen LogP contribution >= 0.6 is 0 Å². The van der Waals surface area contributed by atoms with Gasteiger partial charge in [-0.3, -0.25) is 14.9 Å². The molecule has 0 bridgehead atoms. The van der Waals surface area contributed by atoms with Crippen LogP contribution in [0.5, 0.6) is 5.75 Å². The minimum atomic E-state index is -0.485. The second-order valence-electron chi connectivity index (χ2n) is 7.03. The molecule has 0 aromatic heterocycles. The molecule has 1 aliphatic rings. The van der Waals surface area contributed by atoms with Gasteiger partial charge in [0.15, 0.2) is 6.61 Å². The molecule has 0 unspecified atom stereocenters. The van der Waals surface area contributed by atoms with Gasteiger partial charge in [0.1, 0.15) is 5.75 Å². The van der Waals surface area contributed by atoms with Crippen LogP contribution in [0.1, 0.15) is 24.0 Å². The Morgan fingerprint density at radius 2 is 1.93 bits per heavy atom. The number of nitrogens with one attached hydrogen (secondary N) is 1. The predicted molar refractivity (Wildman–Crippen MR) is 105 cm³/mol. The van der Waals surface area contributed by atoms with Gasteiger partial charge < -0.3 is 14.8 Å². The zero-order valence-corrected chi connectivity index (χ0v) is 15.8. The summed E-state index contributed by atoms with van der Waals surface area (Å²) in [5, 5.41) is 13.9. The van der Waals surface area contributed by atoms with E-state index in [1.807, 2.05) is 18.2 Å². The maximum atomic E-state index is 12.4. The SMILES string of the molecule is Cc1ccc([N+](=O)[O-])cc1OCC(=O)NCC1(c2ccccc2)CCOCC1. The van der Waals surface area contributed by atoms with E-state index in [0.717, 1.165) is 18.4 Å². The van der Waals surface area contributed by atoms with Gasteiger partial charge in [-0.15, -0.1) is 0 Å². The number of benzene rings is 2. The molecule has 1 N–H and O–H groups in total. The molecule has 0 radical (unpaired) electrons. The minimum Gasteiger partial charge on any atom is -0.483 e. The monoisotopic (exact) mass is 384 g/mol. The Labute approximate surface area is 163 Å². The molecule has 0 saturated carbocycles. The number of carbonyl (C=O) groups excluding carboxylic acids is 1. The van der Waals surface area contributed by atoms with Crippen molar-refractivity contribution in [2.45, 2.75) is 25.2 Å². The van der Waals surface area contributed by atoms with Crippen LogP contribution in [0.2, 0.25) is 0 Å². The van der Waals surface area contributed by atoms with Gasteiger partial charge in [-0.2, -0.15) is 0 Å². The van der Waals surface area contributed by atoms with Crippen LogP contribution in [-0.4, -0.2) is 37.2 Å². The Bertz CT molecular complexity index is 832. The third-order valence-electron chi connectivity index (χ3n) is 5.20. The number of rotatable bonds is 7. The molecule has 7 heteroatoms. The van der Waals surface area contributed by atoms with E-state index in [1.54, 1.807) is 13.0 Å². The van der Waals surface area contributed by atoms with Crippen LogP contribution in [0.15, 0.2) is 48.5 Å². The predicted octanol–water partition coefficient (Wildman–Crippen LogP) is 3.15. The van der Waals surface area contributed by atoms with Crippen molar-refractivity contribution in [2.75, 3.05) is 26.4 Å². The van der Waals surface area contributed by atoms with Crippen LogP contribution in [0.25, 0.3) is 0 Å². The first kappa shape index (κ1) is 19.8. The summed E-state index contributed by atoms with van der Waals surface area (Å²) in [5.41, 5.74) is 1.71. The van der Waals surface area contributed by atoms with Gasteiger partial charge in [0.2, 0.25) is 0 Å². The number of nitro groups is 1. The molecule has 1 aliphatic heterocycles. The molecule has 2 aromatic rings. The number of amides is 1. The minimum absolute atomic E-state index is 0.0637. The van der Waals surface area contributed by atoms with Gasteiger partial charge in [-0.25, -0.2) is 0 Å². The fraction of sp³-hybridized carbons (Fsp3) is 0.381. The zero-order valence-electron chi connectivity index (χ0n) is 15.8. The number of ether oxygens (including phenoxy) is 2. The van der Waals surface area contributed by atoms with Crippen LogP contribution in [0.3, 0.4) is 0 Å². The normalized spacial score (nSPS) is 15.6. The van der Waals surface area contributed by atoms with Gasteiger partial charge >= 0.3 is 0 Å². The van der Waals surface area contributed by atoms with Gasteiger partial charge in [0.05, 0.1) is 11.0 Å². The number of aryl methyl sites for hydroxylation is 1. The second kappa shape index (κ2) is 8.84. The van der Waals surface area contributed by atoms with E-state index in [9.17, 15) is 14.9 Å². The van der Waals surface area contributed by atoms with Crippen molar-refractivity contribution < 1.29 is 19.2 Å². The maximum Gasteiger partial charge on any atom is 0.273 e.